The third-order valence-corrected chi connectivity index (χ3v) is 6.35. The van der Waals surface area contributed by atoms with Crippen LogP contribution in [0.25, 0.3) is 10.9 Å². The molecule has 2 aromatic heterocycles. The lowest BCUT2D eigenvalue weighted by Crippen LogP contribution is -2.42. The minimum absolute atomic E-state index is 0.00916. The molecule has 0 bridgehead atoms. The highest BCUT2D eigenvalue weighted by Gasteiger charge is 2.60. The lowest BCUT2D eigenvalue weighted by molar-refractivity contribution is 0.0193. The Morgan fingerprint density at radius 2 is 1.83 bits per heavy atom. The van der Waals surface area contributed by atoms with Crippen LogP contribution in [0.3, 0.4) is 0 Å². The number of carboxylic acid groups (broad SMARTS) is 1. The van der Waals surface area contributed by atoms with Crippen molar-refractivity contribution in [1.82, 2.24) is 19.9 Å². The zero-order chi connectivity index (χ0) is 24.9. The molecule has 1 saturated heterocycles. The molecule has 1 amide bonds. The number of amides is 1. The van der Waals surface area contributed by atoms with Crippen LogP contribution in [0.2, 0.25) is 0 Å². The molecule has 3 heterocycles. The largest absolute Gasteiger partial charge is 0.478 e. The molecule has 9 nitrogen and oxygen atoms in total. The first-order valence-electron chi connectivity index (χ1n) is 11.4. The van der Waals surface area contributed by atoms with Gasteiger partial charge in [0.1, 0.15) is 11.4 Å². The van der Waals surface area contributed by atoms with Crippen molar-refractivity contribution in [2.24, 2.45) is 11.8 Å². The molecule has 10 heteroatoms. The number of piperidine rings is 1. The summed E-state index contributed by atoms with van der Waals surface area (Å²) in [7, 11) is 0. The molecule has 2 aliphatic rings. The van der Waals surface area contributed by atoms with E-state index in [1.165, 1.54) is 24.5 Å². The van der Waals surface area contributed by atoms with Gasteiger partial charge in [-0.2, -0.15) is 0 Å². The van der Waals surface area contributed by atoms with E-state index in [0.717, 1.165) is 0 Å². The van der Waals surface area contributed by atoms with E-state index in [4.69, 9.17) is 9.84 Å². The predicted octanol–water partition coefficient (Wildman–Crippen LogP) is 3.73. The van der Waals surface area contributed by atoms with Gasteiger partial charge in [-0.05, 0) is 45.0 Å². The van der Waals surface area contributed by atoms with Gasteiger partial charge in [0.25, 0.3) is 0 Å². The Hall–Kier alpha value is -3.82. The van der Waals surface area contributed by atoms with Gasteiger partial charge in [-0.1, -0.05) is 6.07 Å². The normalized spacial score (nSPS) is 21.0. The van der Waals surface area contributed by atoms with Gasteiger partial charge in [0.15, 0.2) is 0 Å². The van der Waals surface area contributed by atoms with E-state index in [1.807, 2.05) is 31.7 Å². The van der Waals surface area contributed by atoms with Gasteiger partial charge in [-0.25, -0.2) is 23.9 Å². The van der Waals surface area contributed by atoms with Gasteiger partial charge in [-0.15, -0.1) is 0 Å². The maximum Gasteiger partial charge on any atom is 0.410 e. The summed E-state index contributed by atoms with van der Waals surface area (Å²) in [5.41, 5.74) is 0.763. The number of pyridine rings is 1. The number of halogens is 1. The van der Waals surface area contributed by atoms with E-state index >= 15 is 0 Å². The SMILES string of the molecule is CC(C)(C)OC(=O)N(Cc1ccc2cc(F)ccc2n1)C1[C@H]2CN(c3ncc(C(=O)O)cn3)C[C@@H]12. The molecule has 0 radical (unpaired) electrons. The average molecular weight is 480 g/mol. The zero-order valence-corrected chi connectivity index (χ0v) is 19.7. The number of benzene rings is 1. The van der Waals surface area contributed by atoms with E-state index in [0.29, 0.717) is 35.6 Å². The molecule has 1 aliphatic carbocycles. The number of aromatic carboxylic acids is 1. The number of anilines is 1. The Labute approximate surface area is 201 Å². The summed E-state index contributed by atoms with van der Waals surface area (Å²) in [6, 6.07) is 8.04. The Kier molecular flexibility index (Phi) is 5.53. The second-order valence-electron chi connectivity index (χ2n) is 10.0. The number of nitrogens with zero attached hydrogens (tertiary/aromatic N) is 5. The van der Waals surface area contributed by atoms with E-state index in [1.54, 1.807) is 17.0 Å². The van der Waals surface area contributed by atoms with Crippen LogP contribution < -0.4 is 4.90 Å². The van der Waals surface area contributed by atoms with Crippen molar-refractivity contribution in [3.05, 3.63) is 59.8 Å². The molecule has 2 fully saturated rings. The fourth-order valence-electron chi connectivity index (χ4n) is 4.73. The van der Waals surface area contributed by atoms with Crippen LogP contribution in [-0.4, -0.2) is 61.8 Å². The van der Waals surface area contributed by atoms with E-state index in [9.17, 15) is 14.0 Å². The van der Waals surface area contributed by atoms with Crippen LogP contribution in [0, 0.1) is 17.7 Å². The number of fused-ring (bicyclic) bond motifs is 2. The molecule has 3 atom stereocenters. The van der Waals surface area contributed by atoms with Gasteiger partial charge in [-0.3, -0.25) is 9.88 Å². The third-order valence-electron chi connectivity index (χ3n) is 6.35. The van der Waals surface area contributed by atoms with Crippen molar-refractivity contribution in [3.63, 3.8) is 0 Å². The van der Waals surface area contributed by atoms with Crippen LogP contribution >= 0.6 is 0 Å². The summed E-state index contributed by atoms with van der Waals surface area (Å²) >= 11 is 0. The number of hydrogen-bond acceptors (Lipinski definition) is 7. The second-order valence-corrected chi connectivity index (χ2v) is 10.0. The fourth-order valence-corrected chi connectivity index (χ4v) is 4.73. The van der Waals surface area contributed by atoms with Crippen molar-refractivity contribution in [1.29, 1.82) is 0 Å². The molecule has 0 spiro atoms. The van der Waals surface area contributed by atoms with Crippen molar-refractivity contribution < 1.29 is 23.8 Å². The molecule has 1 saturated carbocycles. The van der Waals surface area contributed by atoms with E-state index < -0.39 is 17.7 Å². The van der Waals surface area contributed by atoms with Gasteiger partial charge in [0.05, 0.1) is 23.3 Å². The van der Waals surface area contributed by atoms with Crippen LogP contribution in [-0.2, 0) is 11.3 Å². The third kappa shape index (κ3) is 4.73. The first kappa shape index (κ1) is 22.9. The Morgan fingerprint density at radius 3 is 2.46 bits per heavy atom. The summed E-state index contributed by atoms with van der Waals surface area (Å²) in [6.07, 6.45) is 2.21. The van der Waals surface area contributed by atoms with Crippen LogP contribution in [0.1, 0.15) is 36.8 Å². The maximum atomic E-state index is 13.5. The number of ether oxygens (including phenoxy) is 1. The van der Waals surface area contributed by atoms with E-state index in [-0.39, 0.29) is 35.8 Å². The van der Waals surface area contributed by atoms with Gasteiger partial charge >= 0.3 is 12.1 Å². The topological polar surface area (TPSA) is 109 Å². The number of aromatic nitrogens is 3. The Morgan fingerprint density at radius 1 is 1.14 bits per heavy atom. The monoisotopic (exact) mass is 479 g/mol. The Balaban J connectivity index is 1.33. The summed E-state index contributed by atoms with van der Waals surface area (Å²) in [5, 5.41) is 9.74. The first-order valence-corrected chi connectivity index (χ1v) is 11.4. The van der Waals surface area contributed by atoms with Crippen LogP contribution in [0.4, 0.5) is 15.1 Å². The first-order chi connectivity index (χ1) is 16.6. The second kappa shape index (κ2) is 8.44. The highest BCUT2D eigenvalue weighted by Crippen LogP contribution is 2.50. The molecule has 1 aromatic carbocycles. The number of carboxylic acids is 1. The lowest BCUT2D eigenvalue weighted by Gasteiger charge is -2.30. The summed E-state index contributed by atoms with van der Waals surface area (Å²) in [5.74, 6) is -0.464. The van der Waals surface area contributed by atoms with Crippen LogP contribution in [0.5, 0.6) is 0 Å². The van der Waals surface area contributed by atoms with Gasteiger partial charge in [0, 0.05) is 48.7 Å². The number of rotatable bonds is 5. The van der Waals surface area contributed by atoms with Crippen molar-refractivity contribution in [3.8, 4) is 0 Å². The highest BCUT2D eigenvalue weighted by atomic mass is 19.1. The Bertz CT molecular complexity index is 1280. The number of carbonyl (C=O) groups excluding carboxylic acids is 1. The molecular weight excluding hydrogens is 453 g/mol. The maximum absolute atomic E-state index is 13.5. The predicted molar refractivity (Wildman–Crippen MR) is 125 cm³/mol. The molecule has 3 aromatic rings. The van der Waals surface area contributed by atoms with Crippen LogP contribution in [0.15, 0.2) is 42.7 Å². The van der Waals surface area contributed by atoms with E-state index in [2.05, 4.69) is 15.0 Å². The quantitative estimate of drug-likeness (QED) is 0.590. The molecule has 182 valence electrons. The summed E-state index contributed by atoms with van der Waals surface area (Å²) in [6.45, 7) is 7.10. The van der Waals surface area contributed by atoms with Crippen molar-refractivity contribution in [2.45, 2.75) is 39.0 Å². The van der Waals surface area contributed by atoms with Gasteiger partial charge in [0.2, 0.25) is 5.95 Å². The van der Waals surface area contributed by atoms with Gasteiger partial charge < -0.3 is 14.7 Å². The molecule has 1 N–H and O–H groups in total. The fraction of sp³-hybridized carbons (Fsp3) is 0.400. The standard InChI is InChI=1S/C25H26FN5O4/c1-25(2,3)35-24(34)31(11-17-6-4-14-8-16(26)5-7-20(14)29-17)21-18-12-30(13-19(18)21)23-27-9-15(10-28-23)22(32)33/h4-10,18-19,21H,11-13H2,1-3H3,(H,32,33)/t18-,19+,21?. The van der Waals surface area contributed by atoms with Crippen molar-refractivity contribution in [2.75, 3.05) is 18.0 Å². The average Bonchev–Trinajstić information content (AvgIpc) is 3.27. The molecule has 5 rings (SSSR count). The smallest absolute Gasteiger partial charge is 0.410 e. The molecular formula is C25H26FN5O4. The minimum atomic E-state index is -1.07. The minimum Gasteiger partial charge on any atom is -0.478 e. The number of carbonyl (C=O) groups is 2. The molecule has 1 unspecified atom stereocenters. The highest BCUT2D eigenvalue weighted by molar-refractivity contribution is 5.86. The molecule has 1 aliphatic heterocycles. The molecule has 35 heavy (non-hydrogen) atoms. The lowest BCUT2D eigenvalue weighted by atomic mass is 10.2. The van der Waals surface area contributed by atoms with Crippen molar-refractivity contribution >= 4 is 28.9 Å². The summed E-state index contributed by atoms with van der Waals surface area (Å²) in [4.78, 5) is 41.0. The zero-order valence-electron chi connectivity index (χ0n) is 19.7. The number of hydrogen-bond donors (Lipinski definition) is 1. The summed E-state index contributed by atoms with van der Waals surface area (Å²) < 4.78 is 19.2.